The Morgan fingerprint density at radius 3 is 2.26 bits per heavy atom. The first-order valence-electron chi connectivity index (χ1n) is 8.68. The van der Waals surface area contributed by atoms with Gasteiger partial charge in [-0.2, -0.15) is 0 Å². The summed E-state index contributed by atoms with van der Waals surface area (Å²) in [5, 5.41) is 3.08. The van der Waals surface area contributed by atoms with Gasteiger partial charge in [0.25, 0.3) is 5.91 Å². The highest BCUT2D eigenvalue weighted by atomic mass is 16.5. The summed E-state index contributed by atoms with van der Waals surface area (Å²) in [5.74, 6) is 1.33. The number of nitrogens with one attached hydrogen (secondary N) is 1. The molecule has 5 heteroatoms. The molecule has 0 spiro atoms. The Labute approximate surface area is 162 Å². The van der Waals surface area contributed by atoms with Crippen LogP contribution in [0.3, 0.4) is 0 Å². The van der Waals surface area contributed by atoms with E-state index in [9.17, 15) is 4.79 Å². The molecule has 0 atom stereocenters. The van der Waals surface area contributed by atoms with Gasteiger partial charge in [-0.15, -0.1) is 0 Å². The number of nitrogens with zero attached hydrogens (tertiary/aromatic N) is 1. The Morgan fingerprint density at radius 2 is 1.78 bits per heavy atom. The number of anilines is 1. The van der Waals surface area contributed by atoms with Crippen molar-refractivity contribution in [1.82, 2.24) is 4.90 Å². The van der Waals surface area contributed by atoms with Crippen LogP contribution in [-0.4, -0.2) is 46.2 Å². The number of methoxy groups -OCH3 is 2. The summed E-state index contributed by atoms with van der Waals surface area (Å²) in [7, 11) is 8.55. The molecule has 1 amide bonds. The highest BCUT2D eigenvalue weighted by molar-refractivity contribution is 6.19. The van der Waals surface area contributed by atoms with Gasteiger partial charge >= 0.3 is 0 Å². The summed E-state index contributed by atoms with van der Waals surface area (Å²) < 4.78 is 10.5. The second kappa shape index (κ2) is 10.9. The van der Waals surface area contributed by atoms with Crippen LogP contribution in [0.2, 0.25) is 0 Å². The van der Waals surface area contributed by atoms with E-state index in [2.05, 4.69) is 11.9 Å². The number of rotatable bonds is 9. The molecular weight excluding hydrogens is 340 g/mol. The van der Waals surface area contributed by atoms with Gasteiger partial charge in [-0.05, 0) is 42.7 Å². The van der Waals surface area contributed by atoms with Gasteiger partial charge in [0.1, 0.15) is 5.76 Å². The van der Waals surface area contributed by atoms with Crippen LogP contribution in [0.5, 0.6) is 0 Å². The van der Waals surface area contributed by atoms with E-state index in [1.807, 2.05) is 50.4 Å². The van der Waals surface area contributed by atoms with Crippen molar-refractivity contribution in [2.45, 2.75) is 13.3 Å². The van der Waals surface area contributed by atoms with E-state index in [1.165, 1.54) is 0 Å². The third-order valence-electron chi connectivity index (χ3n) is 3.94. The summed E-state index contributed by atoms with van der Waals surface area (Å²) in [4.78, 5) is 14.2. The molecule has 0 aliphatic carbocycles. The number of benzene rings is 1. The molecule has 0 saturated heterocycles. The highest BCUT2D eigenvalue weighted by Gasteiger charge is 2.14. The van der Waals surface area contributed by atoms with Crippen molar-refractivity contribution in [3.05, 3.63) is 71.7 Å². The Morgan fingerprint density at radius 1 is 1.15 bits per heavy atom. The standard InChI is InChI=1S/C22H30N2O3/c1-16(14-20(27-7)15-17(2)26-6)8-13-21(22(25)24(4)5)18-9-11-19(23-3)12-10-18/h9-15,23H,1,8H2,2-7H3/b17-15+,20-14+,21-13+. The molecule has 0 heterocycles. The van der Waals surface area contributed by atoms with Crippen molar-refractivity contribution in [2.24, 2.45) is 0 Å². The van der Waals surface area contributed by atoms with Gasteiger partial charge in [0.2, 0.25) is 0 Å². The number of allylic oxidation sites excluding steroid dienone is 5. The van der Waals surface area contributed by atoms with Crippen LogP contribution in [0.25, 0.3) is 5.57 Å². The molecule has 0 radical (unpaired) electrons. The number of likely N-dealkylation sites (N-methyl/N-ethyl adjacent to an activating group) is 1. The fourth-order valence-corrected chi connectivity index (χ4v) is 2.30. The van der Waals surface area contributed by atoms with Gasteiger partial charge in [0.05, 0.1) is 20.0 Å². The molecule has 0 bridgehead atoms. The lowest BCUT2D eigenvalue weighted by Gasteiger charge is -2.15. The molecule has 27 heavy (non-hydrogen) atoms. The number of carbonyl (C=O) groups excluding carboxylic acids is 1. The predicted octanol–water partition coefficient (Wildman–Crippen LogP) is 4.23. The topological polar surface area (TPSA) is 50.8 Å². The summed E-state index contributed by atoms with van der Waals surface area (Å²) in [6.45, 7) is 5.91. The minimum atomic E-state index is -0.0499. The minimum Gasteiger partial charge on any atom is -0.501 e. The maximum Gasteiger partial charge on any atom is 0.253 e. The Balaban J connectivity index is 3.10. The molecule has 0 fully saturated rings. The molecule has 146 valence electrons. The van der Waals surface area contributed by atoms with Crippen molar-refractivity contribution in [3.8, 4) is 0 Å². The highest BCUT2D eigenvalue weighted by Crippen LogP contribution is 2.21. The van der Waals surface area contributed by atoms with Gasteiger partial charge in [0, 0.05) is 38.5 Å². The van der Waals surface area contributed by atoms with Gasteiger partial charge in [0.15, 0.2) is 0 Å². The average molecular weight is 370 g/mol. The molecule has 0 aromatic heterocycles. The van der Waals surface area contributed by atoms with Crippen LogP contribution in [0.1, 0.15) is 18.9 Å². The van der Waals surface area contributed by atoms with E-state index in [0.717, 1.165) is 22.6 Å². The fraction of sp³-hybridized carbons (Fsp3) is 0.318. The van der Waals surface area contributed by atoms with Crippen molar-refractivity contribution in [3.63, 3.8) is 0 Å². The summed E-state index contributed by atoms with van der Waals surface area (Å²) >= 11 is 0. The summed E-state index contributed by atoms with van der Waals surface area (Å²) in [6, 6.07) is 7.76. The van der Waals surface area contributed by atoms with E-state index in [-0.39, 0.29) is 5.91 Å². The fourth-order valence-electron chi connectivity index (χ4n) is 2.30. The number of hydrogen-bond acceptors (Lipinski definition) is 4. The smallest absolute Gasteiger partial charge is 0.253 e. The largest absolute Gasteiger partial charge is 0.501 e. The molecule has 0 unspecified atom stereocenters. The zero-order valence-electron chi connectivity index (χ0n) is 17.1. The minimum absolute atomic E-state index is 0.0499. The monoisotopic (exact) mass is 370 g/mol. The van der Waals surface area contributed by atoms with Crippen molar-refractivity contribution >= 4 is 17.2 Å². The zero-order chi connectivity index (χ0) is 20.4. The van der Waals surface area contributed by atoms with Crippen LogP contribution in [-0.2, 0) is 14.3 Å². The number of ether oxygens (including phenoxy) is 2. The van der Waals surface area contributed by atoms with Gasteiger partial charge < -0.3 is 19.7 Å². The van der Waals surface area contributed by atoms with E-state index < -0.39 is 0 Å². The molecule has 0 aliphatic heterocycles. The SMILES string of the molecule is C=C(/C=C(\C=C(/C)OC)OC)C/C=C(/C(=O)N(C)C)c1ccc(NC)cc1. The van der Waals surface area contributed by atoms with E-state index in [0.29, 0.717) is 17.8 Å². The van der Waals surface area contributed by atoms with Crippen molar-refractivity contribution in [2.75, 3.05) is 40.7 Å². The molecule has 1 aromatic carbocycles. The van der Waals surface area contributed by atoms with Crippen LogP contribution >= 0.6 is 0 Å². The number of hydrogen-bond donors (Lipinski definition) is 1. The van der Waals surface area contributed by atoms with Crippen LogP contribution in [0.4, 0.5) is 5.69 Å². The zero-order valence-corrected chi connectivity index (χ0v) is 17.1. The molecule has 1 N–H and O–H groups in total. The second-order valence-corrected chi connectivity index (χ2v) is 6.22. The first-order valence-corrected chi connectivity index (χ1v) is 8.68. The molecule has 0 aliphatic rings. The lowest BCUT2D eigenvalue weighted by atomic mass is 10.0. The Bertz CT molecular complexity index is 741. The van der Waals surface area contributed by atoms with Gasteiger partial charge in [-0.3, -0.25) is 4.79 Å². The van der Waals surface area contributed by atoms with Crippen LogP contribution in [0.15, 0.2) is 66.2 Å². The number of amides is 1. The molecule has 1 aromatic rings. The third-order valence-corrected chi connectivity index (χ3v) is 3.94. The van der Waals surface area contributed by atoms with E-state index in [4.69, 9.17) is 9.47 Å². The normalized spacial score (nSPS) is 12.4. The molecule has 1 rings (SSSR count). The summed E-state index contributed by atoms with van der Waals surface area (Å²) in [5.41, 5.74) is 3.32. The van der Waals surface area contributed by atoms with Gasteiger partial charge in [-0.25, -0.2) is 0 Å². The van der Waals surface area contributed by atoms with Gasteiger partial charge in [-0.1, -0.05) is 24.8 Å². The maximum atomic E-state index is 12.6. The second-order valence-electron chi connectivity index (χ2n) is 6.22. The van der Waals surface area contributed by atoms with Crippen molar-refractivity contribution < 1.29 is 14.3 Å². The lowest BCUT2D eigenvalue weighted by molar-refractivity contribution is -0.122. The quantitative estimate of drug-likeness (QED) is 0.402. The first kappa shape index (κ1) is 22.1. The molecular formula is C22H30N2O3. The Kier molecular flexibility index (Phi) is 8.93. The lowest BCUT2D eigenvalue weighted by Crippen LogP contribution is -2.22. The molecule has 0 saturated carbocycles. The Hall–Kier alpha value is -2.95. The van der Waals surface area contributed by atoms with E-state index in [1.54, 1.807) is 39.3 Å². The molecule has 5 nitrogen and oxygen atoms in total. The van der Waals surface area contributed by atoms with Crippen LogP contribution in [0, 0.1) is 0 Å². The average Bonchev–Trinajstić information content (AvgIpc) is 2.67. The summed E-state index contributed by atoms with van der Waals surface area (Å²) in [6.07, 6.45) is 6.04. The van der Waals surface area contributed by atoms with Crippen LogP contribution < -0.4 is 5.32 Å². The third kappa shape index (κ3) is 7.05. The predicted molar refractivity (Wildman–Crippen MR) is 112 cm³/mol. The number of carbonyl (C=O) groups is 1. The first-order chi connectivity index (χ1) is 12.8. The van der Waals surface area contributed by atoms with E-state index >= 15 is 0 Å². The van der Waals surface area contributed by atoms with Crippen molar-refractivity contribution in [1.29, 1.82) is 0 Å². The maximum absolute atomic E-state index is 12.6.